The summed E-state index contributed by atoms with van der Waals surface area (Å²) in [6, 6.07) is 19.0. The Balaban J connectivity index is 1.26. The number of methoxy groups -OCH3 is 1. The van der Waals surface area contributed by atoms with Gasteiger partial charge in [-0.1, -0.05) is 47.1 Å². The number of sulfone groups is 1. The second kappa shape index (κ2) is 11.6. The summed E-state index contributed by atoms with van der Waals surface area (Å²) in [5.74, 6) is 1.21. The van der Waals surface area contributed by atoms with Gasteiger partial charge in [0.1, 0.15) is 18.1 Å². The number of hydrogen-bond acceptors (Lipinski definition) is 9. The van der Waals surface area contributed by atoms with Crippen LogP contribution < -0.4 is 10.1 Å². The maximum Gasteiger partial charge on any atom is 0.418 e. The van der Waals surface area contributed by atoms with Crippen LogP contribution in [0.25, 0.3) is 21.8 Å². The molecule has 5 aromatic rings. The number of nitrogens with one attached hydrogen (secondary N) is 1. The van der Waals surface area contributed by atoms with Crippen molar-refractivity contribution in [1.29, 1.82) is 0 Å². The monoisotopic (exact) mass is 598 g/mol. The first-order valence-electron chi connectivity index (χ1n) is 11.8. The van der Waals surface area contributed by atoms with Gasteiger partial charge in [-0.2, -0.15) is 4.98 Å². The number of amides is 1. The quantitative estimate of drug-likeness (QED) is 0.215. The maximum absolute atomic E-state index is 12.6. The molecule has 0 atom stereocenters. The molecule has 1 N–H and O–H groups in total. The zero-order chi connectivity index (χ0) is 28.3. The average molecular weight is 599 g/mol. The van der Waals surface area contributed by atoms with Crippen LogP contribution in [0.5, 0.6) is 5.88 Å². The summed E-state index contributed by atoms with van der Waals surface area (Å²) in [6.45, 7) is 0.502. The van der Waals surface area contributed by atoms with E-state index in [0.29, 0.717) is 45.0 Å². The van der Waals surface area contributed by atoms with Gasteiger partial charge in [-0.25, -0.2) is 13.2 Å². The van der Waals surface area contributed by atoms with Crippen molar-refractivity contribution in [3.05, 3.63) is 88.8 Å². The Hall–Kier alpha value is -3.97. The van der Waals surface area contributed by atoms with Crippen LogP contribution in [0, 0.1) is 0 Å². The molecular weight excluding hydrogens is 576 g/mol. The summed E-state index contributed by atoms with van der Waals surface area (Å²) in [6.07, 6.45) is 2.01. The molecule has 0 spiro atoms. The molecule has 2 aromatic carbocycles. The van der Waals surface area contributed by atoms with E-state index in [1.165, 1.54) is 17.6 Å². The van der Waals surface area contributed by atoms with Crippen LogP contribution in [0.2, 0.25) is 4.34 Å². The molecule has 3 aromatic heterocycles. The van der Waals surface area contributed by atoms with Crippen molar-refractivity contribution in [3.63, 3.8) is 0 Å². The van der Waals surface area contributed by atoms with Crippen molar-refractivity contribution in [2.24, 2.45) is 0 Å². The van der Waals surface area contributed by atoms with Crippen molar-refractivity contribution in [3.8, 4) is 27.6 Å². The molecule has 0 aliphatic rings. The number of rotatable bonds is 9. The minimum atomic E-state index is -3.40. The van der Waals surface area contributed by atoms with Crippen LogP contribution in [0.3, 0.4) is 0 Å². The fourth-order valence-electron chi connectivity index (χ4n) is 3.98. The fourth-order valence-corrected chi connectivity index (χ4v) is 5.88. The Morgan fingerprint density at radius 3 is 2.60 bits per heavy atom. The molecule has 10 nitrogen and oxygen atoms in total. The van der Waals surface area contributed by atoms with Gasteiger partial charge in [0.15, 0.2) is 15.6 Å². The molecule has 5 rings (SSSR count). The first-order valence-corrected chi connectivity index (χ1v) is 14.9. The molecule has 0 aliphatic heterocycles. The molecule has 0 aliphatic carbocycles. The molecular formula is C27H23ClN4O6S2. The molecule has 13 heteroatoms. The number of aromatic nitrogens is 3. The highest BCUT2D eigenvalue weighted by atomic mass is 35.5. The number of thiophene rings is 1. The molecule has 0 bridgehead atoms. The van der Waals surface area contributed by atoms with E-state index in [0.717, 1.165) is 4.88 Å². The van der Waals surface area contributed by atoms with E-state index in [1.54, 1.807) is 72.5 Å². The molecule has 1 amide bonds. The smallest absolute Gasteiger partial charge is 0.389 e. The lowest BCUT2D eigenvalue weighted by Gasteiger charge is -2.09. The third-order valence-electron chi connectivity index (χ3n) is 5.74. The highest BCUT2D eigenvalue weighted by molar-refractivity contribution is 7.90. The Morgan fingerprint density at radius 2 is 1.90 bits per heavy atom. The van der Waals surface area contributed by atoms with Crippen LogP contribution in [0.15, 0.2) is 82.3 Å². The second-order valence-electron chi connectivity index (χ2n) is 8.70. The predicted molar refractivity (Wildman–Crippen MR) is 152 cm³/mol. The number of anilines is 1. The summed E-state index contributed by atoms with van der Waals surface area (Å²) < 4.78 is 42.8. The van der Waals surface area contributed by atoms with Crippen molar-refractivity contribution in [1.82, 2.24) is 14.7 Å². The van der Waals surface area contributed by atoms with Crippen LogP contribution in [0.1, 0.15) is 11.5 Å². The summed E-state index contributed by atoms with van der Waals surface area (Å²) in [7, 11) is -1.86. The van der Waals surface area contributed by atoms with E-state index in [1.807, 2.05) is 12.1 Å². The Bertz CT molecular complexity index is 1760. The van der Waals surface area contributed by atoms with E-state index in [9.17, 15) is 13.2 Å². The second-order valence-corrected chi connectivity index (χ2v) is 12.4. The standard InChI is InChI=1S/C27H23ClN4O6S2/c1-36-16-25-30-26(15-32(25)14-19-13-21(38-31-19)22-11-12-24(28)39-22)37-27(33)29-18-9-7-17(8-10-18)20-5-3-4-6-23(20)40(2,34)35/h3-13,15H,14,16H2,1-2H3,(H,29,33). The molecule has 0 unspecified atom stereocenters. The predicted octanol–water partition coefficient (Wildman–Crippen LogP) is 6.13. The number of halogens is 1. The summed E-state index contributed by atoms with van der Waals surface area (Å²) >= 11 is 7.40. The lowest BCUT2D eigenvalue weighted by atomic mass is 10.1. The van der Waals surface area contributed by atoms with Gasteiger partial charge in [0.25, 0.3) is 0 Å². The van der Waals surface area contributed by atoms with Gasteiger partial charge in [-0.15, -0.1) is 11.3 Å². The Labute approximate surface area is 239 Å². The SMILES string of the molecule is COCc1nc(OC(=O)Nc2ccc(-c3ccccc3S(C)(=O)=O)cc2)cn1Cc1cc(-c2ccc(Cl)s2)on1. The molecule has 0 fully saturated rings. The van der Waals surface area contributed by atoms with E-state index < -0.39 is 15.9 Å². The van der Waals surface area contributed by atoms with Crippen LogP contribution in [-0.2, 0) is 27.7 Å². The van der Waals surface area contributed by atoms with Crippen LogP contribution >= 0.6 is 22.9 Å². The van der Waals surface area contributed by atoms with Gasteiger partial charge in [0, 0.05) is 30.7 Å². The van der Waals surface area contributed by atoms with Gasteiger partial charge in [-0.3, -0.25) is 5.32 Å². The van der Waals surface area contributed by atoms with Crippen molar-refractivity contribution >= 4 is 44.6 Å². The number of benzene rings is 2. The number of ether oxygens (including phenoxy) is 2. The van der Waals surface area contributed by atoms with Crippen LogP contribution in [-0.4, -0.2) is 42.6 Å². The molecule has 3 heterocycles. The lowest BCUT2D eigenvalue weighted by molar-refractivity contribution is 0.174. The van der Waals surface area contributed by atoms with E-state index in [4.69, 9.17) is 25.6 Å². The summed E-state index contributed by atoms with van der Waals surface area (Å²) in [4.78, 5) is 18.0. The van der Waals surface area contributed by atoms with E-state index >= 15 is 0 Å². The number of carbonyl (C=O) groups is 1. The van der Waals surface area contributed by atoms with Crippen molar-refractivity contribution < 1.29 is 27.2 Å². The minimum absolute atomic E-state index is 0.0806. The zero-order valence-electron chi connectivity index (χ0n) is 21.3. The highest BCUT2D eigenvalue weighted by Gasteiger charge is 2.17. The minimum Gasteiger partial charge on any atom is -0.389 e. The maximum atomic E-state index is 12.6. The van der Waals surface area contributed by atoms with E-state index in [-0.39, 0.29) is 17.4 Å². The molecule has 0 saturated carbocycles. The zero-order valence-corrected chi connectivity index (χ0v) is 23.7. The van der Waals surface area contributed by atoms with Gasteiger partial charge < -0.3 is 18.6 Å². The first kappa shape index (κ1) is 27.6. The summed E-state index contributed by atoms with van der Waals surface area (Å²) in [5, 5.41) is 6.77. The molecule has 0 radical (unpaired) electrons. The van der Waals surface area contributed by atoms with Gasteiger partial charge >= 0.3 is 6.09 Å². The fraction of sp³-hybridized carbons (Fsp3) is 0.148. The number of hydrogen-bond donors (Lipinski definition) is 1. The number of carbonyl (C=O) groups excluding carboxylic acids is 1. The van der Waals surface area contributed by atoms with E-state index in [2.05, 4.69) is 15.5 Å². The lowest BCUT2D eigenvalue weighted by Crippen LogP contribution is -2.16. The highest BCUT2D eigenvalue weighted by Crippen LogP contribution is 2.32. The number of imidazole rings is 1. The van der Waals surface area contributed by atoms with Gasteiger partial charge in [0.05, 0.1) is 26.9 Å². The van der Waals surface area contributed by atoms with Crippen LogP contribution in [0.4, 0.5) is 10.5 Å². The normalized spacial score (nSPS) is 11.5. The molecule has 40 heavy (non-hydrogen) atoms. The third kappa shape index (κ3) is 6.42. The molecule has 0 saturated heterocycles. The molecule has 206 valence electrons. The Kier molecular flexibility index (Phi) is 8.03. The topological polar surface area (TPSA) is 126 Å². The van der Waals surface area contributed by atoms with Gasteiger partial charge in [-0.05, 0) is 35.9 Å². The van der Waals surface area contributed by atoms with Crippen molar-refractivity contribution in [2.75, 3.05) is 18.7 Å². The average Bonchev–Trinajstić information content (AvgIpc) is 3.65. The number of nitrogens with zero attached hydrogens (tertiary/aromatic N) is 3. The largest absolute Gasteiger partial charge is 0.418 e. The third-order valence-corrected chi connectivity index (χ3v) is 8.14. The first-order chi connectivity index (χ1) is 19.2. The summed E-state index contributed by atoms with van der Waals surface area (Å²) in [5.41, 5.74) is 2.38. The van der Waals surface area contributed by atoms with Gasteiger partial charge in [0.2, 0.25) is 5.88 Å². The van der Waals surface area contributed by atoms with Crippen molar-refractivity contribution in [2.45, 2.75) is 18.0 Å². The Morgan fingerprint density at radius 1 is 1.12 bits per heavy atom.